The van der Waals surface area contributed by atoms with Gasteiger partial charge in [0.1, 0.15) is 5.75 Å². The Labute approximate surface area is 184 Å². The molecule has 1 saturated carbocycles. The van der Waals surface area contributed by atoms with Crippen molar-refractivity contribution in [1.29, 1.82) is 0 Å². The Morgan fingerprint density at radius 1 is 0.903 bits per heavy atom. The molecular formula is C28H29NO2. The highest BCUT2D eigenvalue weighted by Crippen LogP contribution is 2.54. The van der Waals surface area contributed by atoms with Gasteiger partial charge in [-0.25, -0.2) is 0 Å². The summed E-state index contributed by atoms with van der Waals surface area (Å²) in [5.74, 6) is 1.80. The van der Waals surface area contributed by atoms with Gasteiger partial charge in [-0.05, 0) is 67.3 Å². The minimum Gasteiger partial charge on any atom is -0.494 e. The van der Waals surface area contributed by atoms with Crippen LogP contribution < -0.4 is 9.64 Å². The van der Waals surface area contributed by atoms with Gasteiger partial charge in [0.25, 0.3) is 0 Å². The van der Waals surface area contributed by atoms with E-state index in [-0.39, 0.29) is 5.41 Å². The molecule has 0 N–H and O–H groups in total. The molecule has 0 radical (unpaired) electrons. The number of ether oxygens (including phenoxy) is 1. The third-order valence-corrected chi connectivity index (χ3v) is 6.93. The molecule has 3 heteroatoms. The van der Waals surface area contributed by atoms with Gasteiger partial charge in [-0.3, -0.25) is 4.79 Å². The summed E-state index contributed by atoms with van der Waals surface area (Å²) in [6.45, 7) is 1.38. The summed E-state index contributed by atoms with van der Waals surface area (Å²) >= 11 is 0. The average molecular weight is 412 g/mol. The molecule has 2 aliphatic rings. The molecule has 1 aliphatic heterocycles. The maximum Gasteiger partial charge on any atom is 0.238 e. The standard InChI is InChI=1S/C28H29NO2/c30-27-28(18-17-22(20-28)12-9-19-31-24-13-5-2-6-14-24)25-15-7-8-16-26(25)29(27)21-23-10-3-1-4-11-23/h1-8,10-11,13-16,22H,9,12,17-21H2/t22-,28+/m0/s1. The monoisotopic (exact) mass is 411 g/mol. The lowest BCUT2D eigenvalue weighted by Gasteiger charge is -2.24. The summed E-state index contributed by atoms with van der Waals surface area (Å²) in [4.78, 5) is 15.8. The smallest absolute Gasteiger partial charge is 0.238 e. The van der Waals surface area contributed by atoms with Crippen LogP contribution >= 0.6 is 0 Å². The van der Waals surface area contributed by atoms with Crippen LogP contribution in [0.15, 0.2) is 84.9 Å². The van der Waals surface area contributed by atoms with Crippen LogP contribution in [-0.4, -0.2) is 12.5 Å². The predicted molar refractivity (Wildman–Crippen MR) is 124 cm³/mol. The summed E-state index contributed by atoms with van der Waals surface area (Å²) in [5.41, 5.74) is 3.18. The van der Waals surface area contributed by atoms with Gasteiger partial charge in [0.05, 0.1) is 18.6 Å². The highest BCUT2D eigenvalue weighted by Gasteiger charge is 2.54. The molecule has 1 spiro atoms. The second kappa shape index (κ2) is 8.58. The van der Waals surface area contributed by atoms with E-state index in [1.807, 2.05) is 53.4 Å². The molecule has 5 rings (SSSR count). The number of amides is 1. The first kappa shape index (κ1) is 19.9. The summed E-state index contributed by atoms with van der Waals surface area (Å²) in [5, 5.41) is 0. The average Bonchev–Trinajstić information content (AvgIpc) is 3.35. The van der Waals surface area contributed by atoms with Gasteiger partial charge in [0.15, 0.2) is 0 Å². The molecule has 2 atom stereocenters. The Morgan fingerprint density at radius 2 is 1.61 bits per heavy atom. The van der Waals surface area contributed by atoms with Gasteiger partial charge in [-0.2, -0.15) is 0 Å². The van der Waals surface area contributed by atoms with Crippen LogP contribution in [0.5, 0.6) is 5.75 Å². The number of anilines is 1. The van der Waals surface area contributed by atoms with Crippen molar-refractivity contribution in [3.05, 3.63) is 96.1 Å². The molecule has 1 heterocycles. The van der Waals surface area contributed by atoms with Crippen LogP contribution in [0.25, 0.3) is 0 Å². The molecule has 3 nitrogen and oxygen atoms in total. The normalized spacial score (nSPS) is 22.1. The number of benzene rings is 3. The third kappa shape index (κ3) is 3.85. The predicted octanol–water partition coefficient (Wildman–Crippen LogP) is 6.13. The van der Waals surface area contributed by atoms with Gasteiger partial charge >= 0.3 is 0 Å². The van der Waals surface area contributed by atoms with Crippen molar-refractivity contribution in [3.63, 3.8) is 0 Å². The molecule has 0 saturated heterocycles. The molecule has 0 aromatic heterocycles. The fourth-order valence-electron chi connectivity index (χ4n) is 5.43. The summed E-state index contributed by atoms with van der Waals surface area (Å²) in [7, 11) is 0. The zero-order valence-corrected chi connectivity index (χ0v) is 17.9. The van der Waals surface area contributed by atoms with E-state index < -0.39 is 0 Å². The molecule has 158 valence electrons. The maximum atomic E-state index is 13.8. The van der Waals surface area contributed by atoms with Crippen LogP contribution in [0.2, 0.25) is 0 Å². The van der Waals surface area contributed by atoms with Crippen molar-refractivity contribution < 1.29 is 9.53 Å². The number of hydrogen-bond acceptors (Lipinski definition) is 2. The van der Waals surface area contributed by atoms with E-state index in [9.17, 15) is 4.79 Å². The maximum absolute atomic E-state index is 13.8. The van der Waals surface area contributed by atoms with E-state index in [1.54, 1.807) is 0 Å². The molecule has 3 aromatic carbocycles. The van der Waals surface area contributed by atoms with Crippen LogP contribution in [-0.2, 0) is 16.8 Å². The SMILES string of the molecule is O=C1N(Cc2ccccc2)c2ccccc2[C@]12CC[C@H](CCCOc1ccccc1)C2. The Morgan fingerprint density at radius 3 is 2.42 bits per heavy atom. The number of fused-ring (bicyclic) bond motifs is 2. The van der Waals surface area contributed by atoms with Gasteiger partial charge in [-0.15, -0.1) is 0 Å². The number of carbonyl (C=O) groups is 1. The number of hydrogen-bond donors (Lipinski definition) is 0. The third-order valence-electron chi connectivity index (χ3n) is 6.93. The van der Waals surface area contributed by atoms with Crippen LogP contribution in [0, 0.1) is 5.92 Å². The number of rotatable bonds is 7. The highest BCUT2D eigenvalue weighted by atomic mass is 16.5. The first-order valence-corrected chi connectivity index (χ1v) is 11.4. The Bertz CT molecular complexity index is 1030. The highest BCUT2D eigenvalue weighted by molar-refractivity contribution is 6.08. The first-order valence-electron chi connectivity index (χ1n) is 11.4. The Balaban J connectivity index is 1.26. The molecular weight excluding hydrogens is 382 g/mol. The van der Waals surface area contributed by atoms with Gasteiger partial charge in [0.2, 0.25) is 5.91 Å². The molecule has 1 amide bonds. The van der Waals surface area contributed by atoms with E-state index >= 15 is 0 Å². The van der Waals surface area contributed by atoms with Crippen LogP contribution in [0.1, 0.15) is 43.2 Å². The van der Waals surface area contributed by atoms with E-state index in [2.05, 4.69) is 36.4 Å². The molecule has 1 aliphatic carbocycles. The fraction of sp³-hybridized carbons (Fsp3) is 0.321. The zero-order valence-electron chi connectivity index (χ0n) is 17.9. The van der Waals surface area contributed by atoms with E-state index in [1.165, 1.54) is 11.1 Å². The van der Waals surface area contributed by atoms with Crippen molar-refractivity contribution in [2.75, 3.05) is 11.5 Å². The quantitative estimate of drug-likeness (QED) is 0.438. The topological polar surface area (TPSA) is 29.5 Å². The van der Waals surface area contributed by atoms with E-state index in [0.29, 0.717) is 18.4 Å². The van der Waals surface area contributed by atoms with Gasteiger partial charge < -0.3 is 9.64 Å². The van der Waals surface area contributed by atoms with E-state index in [4.69, 9.17) is 4.74 Å². The Kier molecular flexibility index (Phi) is 5.50. The minimum absolute atomic E-state index is 0.292. The first-order chi connectivity index (χ1) is 15.3. The lowest BCUT2D eigenvalue weighted by atomic mass is 9.79. The van der Waals surface area contributed by atoms with Gasteiger partial charge in [-0.1, -0.05) is 66.7 Å². The Hall–Kier alpha value is -3.07. The number of carbonyl (C=O) groups excluding carboxylic acids is 1. The largest absolute Gasteiger partial charge is 0.494 e. The zero-order chi connectivity index (χ0) is 21.1. The lowest BCUT2D eigenvalue weighted by Crippen LogP contribution is -2.38. The molecule has 0 bridgehead atoms. The van der Waals surface area contributed by atoms with Crippen molar-refractivity contribution in [3.8, 4) is 5.75 Å². The van der Waals surface area contributed by atoms with E-state index in [0.717, 1.165) is 50.1 Å². The summed E-state index contributed by atoms with van der Waals surface area (Å²) in [6, 6.07) is 28.7. The molecule has 31 heavy (non-hydrogen) atoms. The van der Waals surface area contributed by atoms with Gasteiger partial charge in [0, 0.05) is 5.69 Å². The van der Waals surface area contributed by atoms with Crippen molar-refractivity contribution in [1.82, 2.24) is 0 Å². The number of nitrogens with zero attached hydrogens (tertiary/aromatic N) is 1. The van der Waals surface area contributed by atoms with Crippen LogP contribution in [0.4, 0.5) is 5.69 Å². The second-order valence-electron chi connectivity index (χ2n) is 8.89. The molecule has 3 aromatic rings. The summed E-state index contributed by atoms with van der Waals surface area (Å²) < 4.78 is 5.87. The minimum atomic E-state index is -0.337. The second-order valence-corrected chi connectivity index (χ2v) is 8.89. The van der Waals surface area contributed by atoms with Crippen LogP contribution in [0.3, 0.4) is 0 Å². The molecule has 1 fully saturated rings. The summed E-state index contributed by atoms with van der Waals surface area (Å²) in [6.07, 6.45) is 5.17. The molecule has 0 unspecified atom stereocenters. The number of para-hydroxylation sites is 2. The van der Waals surface area contributed by atoms with Crippen molar-refractivity contribution >= 4 is 11.6 Å². The van der Waals surface area contributed by atoms with Crippen molar-refractivity contribution in [2.45, 2.75) is 44.1 Å². The lowest BCUT2D eigenvalue weighted by molar-refractivity contribution is -0.123. The van der Waals surface area contributed by atoms with Crippen molar-refractivity contribution in [2.24, 2.45) is 5.92 Å². The fourth-order valence-corrected chi connectivity index (χ4v) is 5.43.